The van der Waals surface area contributed by atoms with Crippen molar-refractivity contribution in [1.29, 1.82) is 0 Å². The molecule has 0 radical (unpaired) electrons. The fourth-order valence-electron chi connectivity index (χ4n) is 2.69. The first kappa shape index (κ1) is 18.0. The van der Waals surface area contributed by atoms with E-state index >= 15 is 0 Å². The molecule has 1 saturated heterocycles. The molecule has 0 bridgehead atoms. The van der Waals surface area contributed by atoms with Crippen LogP contribution in [-0.2, 0) is 17.7 Å². The van der Waals surface area contributed by atoms with E-state index in [9.17, 15) is 0 Å². The standard InChI is InChI=1S/C18H24ClN3O3/c1-2-3-6-17-21-18(25-22-17)11-20-15-10-13(19)7-8-16(15)24-12-14-5-4-9-23-14/h7-8,10,14,20H,2-6,9,11-12H2,1H3. The first-order chi connectivity index (χ1) is 12.2. The molecule has 1 aliphatic rings. The number of aryl methyl sites for hydroxylation is 1. The second-order valence-electron chi connectivity index (χ2n) is 6.15. The van der Waals surface area contributed by atoms with Gasteiger partial charge in [0.2, 0.25) is 5.89 Å². The zero-order valence-electron chi connectivity index (χ0n) is 14.5. The number of nitrogens with one attached hydrogen (secondary N) is 1. The van der Waals surface area contributed by atoms with Gasteiger partial charge in [-0.2, -0.15) is 4.98 Å². The Hall–Kier alpha value is -1.79. The molecule has 3 rings (SSSR count). The summed E-state index contributed by atoms with van der Waals surface area (Å²) < 4.78 is 16.8. The van der Waals surface area contributed by atoms with Crippen molar-refractivity contribution in [2.75, 3.05) is 18.5 Å². The average Bonchev–Trinajstić information content (AvgIpc) is 3.29. The summed E-state index contributed by atoms with van der Waals surface area (Å²) in [7, 11) is 0. The van der Waals surface area contributed by atoms with Crippen LogP contribution in [0, 0.1) is 0 Å². The van der Waals surface area contributed by atoms with Crippen LogP contribution in [0.15, 0.2) is 22.7 Å². The quantitative estimate of drug-likeness (QED) is 0.716. The van der Waals surface area contributed by atoms with E-state index in [2.05, 4.69) is 22.4 Å². The molecular formula is C18H24ClN3O3. The highest BCUT2D eigenvalue weighted by Crippen LogP contribution is 2.29. The van der Waals surface area contributed by atoms with Crippen molar-refractivity contribution in [1.82, 2.24) is 10.1 Å². The van der Waals surface area contributed by atoms with Gasteiger partial charge in [0, 0.05) is 18.1 Å². The summed E-state index contributed by atoms with van der Waals surface area (Å²) in [6.45, 7) is 3.92. The summed E-state index contributed by atoms with van der Waals surface area (Å²) in [6.07, 6.45) is 5.31. The minimum Gasteiger partial charge on any atom is -0.489 e. The van der Waals surface area contributed by atoms with E-state index in [1.807, 2.05) is 18.2 Å². The largest absolute Gasteiger partial charge is 0.489 e. The first-order valence-electron chi connectivity index (χ1n) is 8.84. The van der Waals surface area contributed by atoms with Gasteiger partial charge < -0.3 is 19.3 Å². The van der Waals surface area contributed by atoms with E-state index < -0.39 is 0 Å². The molecule has 1 unspecified atom stereocenters. The van der Waals surface area contributed by atoms with E-state index in [4.69, 9.17) is 25.6 Å². The third-order valence-corrected chi connectivity index (χ3v) is 4.32. The maximum atomic E-state index is 6.12. The summed E-state index contributed by atoms with van der Waals surface area (Å²) in [5.74, 6) is 2.04. The highest BCUT2D eigenvalue weighted by atomic mass is 35.5. The molecule has 136 valence electrons. The third kappa shape index (κ3) is 5.34. The lowest BCUT2D eigenvalue weighted by Crippen LogP contribution is -2.17. The van der Waals surface area contributed by atoms with Gasteiger partial charge in [0.05, 0.1) is 18.3 Å². The molecule has 1 aliphatic heterocycles. The minimum absolute atomic E-state index is 0.167. The molecule has 0 saturated carbocycles. The van der Waals surface area contributed by atoms with Crippen LogP contribution in [0.25, 0.3) is 0 Å². The molecule has 0 spiro atoms. The van der Waals surface area contributed by atoms with Gasteiger partial charge in [-0.15, -0.1) is 0 Å². The number of hydrogen-bond donors (Lipinski definition) is 1. The van der Waals surface area contributed by atoms with Crippen LogP contribution in [0.5, 0.6) is 5.75 Å². The van der Waals surface area contributed by atoms with E-state index in [1.54, 1.807) is 0 Å². The van der Waals surface area contributed by atoms with Crippen molar-refractivity contribution in [3.63, 3.8) is 0 Å². The maximum absolute atomic E-state index is 6.12. The van der Waals surface area contributed by atoms with Crippen molar-refractivity contribution >= 4 is 17.3 Å². The Kier molecular flexibility index (Phi) is 6.53. The molecule has 1 N–H and O–H groups in total. The molecule has 1 atom stereocenters. The second-order valence-corrected chi connectivity index (χ2v) is 6.58. The normalized spacial score (nSPS) is 17.0. The lowest BCUT2D eigenvalue weighted by molar-refractivity contribution is 0.0682. The molecule has 7 heteroatoms. The fraction of sp³-hybridized carbons (Fsp3) is 0.556. The number of benzene rings is 1. The number of anilines is 1. The van der Waals surface area contributed by atoms with E-state index in [1.165, 1.54) is 0 Å². The first-order valence-corrected chi connectivity index (χ1v) is 9.21. The molecule has 0 amide bonds. The highest BCUT2D eigenvalue weighted by molar-refractivity contribution is 6.30. The number of hydrogen-bond acceptors (Lipinski definition) is 6. The Bertz CT molecular complexity index is 671. The molecule has 6 nitrogen and oxygen atoms in total. The summed E-state index contributed by atoms with van der Waals surface area (Å²) in [5, 5.41) is 7.90. The van der Waals surface area contributed by atoms with Gasteiger partial charge >= 0.3 is 0 Å². The van der Waals surface area contributed by atoms with Crippen LogP contribution in [-0.4, -0.2) is 29.5 Å². The number of nitrogens with zero attached hydrogens (tertiary/aromatic N) is 2. The van der Waals surface area contributed by atoms with Gasteiger partial charge in [0.1, 0.15) is 12.4 Å². The number of rotatable bonds is 9. The van der Waals surface area contributed by atoms with Gasteiger partial charge in [-0.25, -0.2) is 0 Å². The van der Waals surface area contributed by atoms with Gasteiger partial charge in [0.25, 0.3) is 0 Å². The predicted molar refractivity (Wildman–Crippen MR) is 96.2 cm³/mol. The second kappa shape index (κ2) is 9.06. The monoisotopic (exact) mass is 365 g/mol. The Morgan fingerprint density at radius 1 is 1.40 bits per heavy atom. The van der Waals surface area contributed by atoms with Gasteiger partial charge in [-0.1, -0.05) is 30.1 Å². The van der Waals surface area contributed by atoms with Gasteiger partial charge in [0.15, 0.2) is 5.82 Å². The minimum atomic E-state index is 0.167. The van der Waals surface area contributed by atoms with E-state index in [0.29, 0.717) is 24.1 Å². The Morgan fingerprint density at radius 3 is 3.12 bits per heavy atom. The van der Waals surface area contributed by atoms with Crippen LogP contribution in [0.4, 0.5) is 5.69 Å². The van der Waals surface area contributed by atoms with Crippen LogP contribution >= 0.6 is 11.6 Å². The molecule has 2 aromatic rings. The van der Waals surface area contributed by atoms with Crippen molar-refractivity contribution in [2.24, 2.45) is 0 Å². The Balaban J connectivity index is 1.58. The summed E-state index contributed by atoms with van der Waals surface area (Å²) in [4.78, 5) is 4.39. The van der Waals surface area contributed by atoms with Crippen LogP contribution < -0.4 is 10.1 Å². The maximum Gasteiger partial charge on any atom is 0.245 e. The molecule has 1 aromatic carbocycles. The van der Waals surface area contributed by atoms with Gasteiger partial charge in [-0.05, 0) is 37.5 Å². The SMILES string of the molecule is CCCCc1noc(CNc2cc(Cl)ccc2OCC2CCCO2)n1. The summed E-state index contributed by atoms with van der Waals surface area (Å²) in [5.41, 5.74) is 0.804. The number of ether oxygens (including phenoxy) is 2. The predicted octanol–water partition coefficient (Wildman–Crippen LogP) is 4.24. The number of unbranched alkanes of at least 4 members (excludes halogenated alkanes) is 1. The molecule has 1 aromatic heterocycles. The fourth-order valence-corrected chi connectivity index (χ4v) is 2.87. The molecule has 0 aliphatic carbocycles. The van der Waals surface area contributed by atoms with Crippen molar-refractivity contribution in [2.45, 2.75) is 51.7 Å². The number of halogens is 1. The zero-order valence-corrected chi connectivity index (χ0v) is 15.2. The molecular weight excluding hydrogens is 342 g/mol. The zero-order chi connectivity index (χ0) is 17.5. The molecule has 2 heterocycles. The van der Waals surface area contributed by atoms with Crippen molar-refractivity contribution in [3.05, 3.63) is 34.9 Å². The Labute approximate surface area is 152 Å². The smallest absolute Gasteiger partial charge is 0.245 e. The highest BCUT2D eigenvalue weighted by Gasteiger charge is 2.17. The summed E-state index contributed by atoms with van der Waals surface area (Å²) in [6, 6.07) is 5.51. The van der Waals surface area contributed by atoms with Crippen LogP contribution in [0.3, 0.4) is 0 Å². The average molecular weight is 366 g/mol. The topological polar surface area (TPSA) is 69.4 Å². The lowest BCUT2D eigenvalue weighted by Gasteiger charge is -2.15. The molecule has 1 fully saturated rings. The van der Waals surface area contributed by atoms with Crippen molar-refractivity contribution < 1.29 is 14.0 Å². The summed E-state index contributed by atoms with van der Waals surface area (Å²) >= 11 is 6.12. The van der Waals surface area contributed by atoms with Crippen LogP contribution in [0.1, 0.15) is 44.3 Å². The molecule has 25 heavy (non-hydrogen) atoms. The van der Waals surface area contributed by atoms with Crippen LogP contribution in [0.2, 0.25) is 5.02 Å². The van der Waals surface area contributed by atoms with Crippen molar-refractivity contribution in [3.8, 4) is 5.75 Å². The van der Waals surface area contributed by atoms with E-state index in [0.717, 1.165) is 56.0 Å². The number of aromatic nitrogens is 2. The Morgan fingerprint density at radius 2 is 2.32 bits per heavy atom. The lowest BCUT2D eigenvalue weighted by atomic mass is 10.2. The van der Waals surface area contributed by atoms with E-state index in [-0.39, 0.29) is 6.10 Å². The third-order valence-electron chi connectivity index (χ3n) is 4.08. The van der Waals surface area contributed by atoms with Gasteiger partial charge in [-0.3, -0.25) is 0 Å².